The van der Waals surface area contributed by atoms with Gasteiger partial charge in [0.1, 0.15) is 11.5 Å². The number of ether oxygens (including phenoxy) is 1. The van der Waals surface area contributed by atoms with Gasteiger partial charge in [-0.1, -0.05) is 30.3 Å². The zero-order chi connectivity index (χ0) is 17.1. The van der Waals surface area contributed by atoms with E-state index >= 15 is 0 Å². The van der Waals surface area contributed by atoms with Crippen molar-refractivity contribution in [1.29, 1.82) is 0 Å². The summed E-state index contributed by atoms with van der Waals surface area (Å²) in [6.07, 6.45) is 0.731. The van der Waals surface area contributed by atoms with E-state index in [2.05, 4.69) is 9.97 Å². The van der Waals surface area contributed by atoms with Gasteiger partial charge in [0.2, 0.25) is 11.8 Å². The van der Waals surface area contributed by atoms with Gasteiger partial charge in [0.05, 0.1) is 12.7 Å². The highest BCUT2D eigenvalue weighted by Gasteiger charge is 2.29. The second kappa shape index (κ2) is 6.45. The lowest BCUT2D eigenvalue weighted by molar-refractivity contribution is -0.139. The fraction of sp³-hybridized carbons (Fsp3) is 0.188. The lowest BCUT2D eigenvalue weighted by atomic mass is 10.1. The molecule has 0 spiro atoms. The fourth-order valence-electron chi connectivity index (χ4n) is 2.41. The van der Waals surface area contributed by atoms with E-state index < -0.39 is 6.09 Å². The number of nitrogens with two attached hydrogens (primary N) is 1. The van der Waals surface area contributed by atoms with E-state index in [9.17, 15) is 14.4 Å². The molecule has 8 nitrogen and oxygen atoms in total. The number of likely N-dealkylation sites (tertiary alicyclic amines) is 1. The van der Waals surface area contributed by atoms with Crippen molar-refractivity contribution < 1.29 is 19.1 Å². The molecule has 1 saturated heterocycles. The van der Waals surface area contributed by atoms with Crippen molar-refractivity contribution in [3.05, 3.63) is 42.4 Å². The molecule has 2 heterocycles. The number of primary amides is 1. The van der Waals surface area contributed by atoms with Crippen molar-refractivity contribution in [1.82, 2.24) is 14.9 Å². The molecule has 3 amide bonds. The quantitative estimate of drug-likeness (QED) is 0.845. The third-order valence-corrected chi connectivity index (χ3v) is 3.52. The lowest BCUT2D eigenvalue weighted by Gasteiger charge is -2.14. The number of rotatable bonds is 4. The van der Waals surface area contributed by atoms with E-state index in [1.165, 1.54) is 6.20 Å². The molecule has 0 saturated carbocycles. The number of nitrogens with zero attached hydrogens (tertiary/aromatic N) is 3. The second-order valence-corrected chi connectivity index (χ2v) is 5.16. The van der Waals surface area contributed by atoms with Crippen LogP contribution in [0.1, 0.15) is 18.7 Å². The molecule has 1 aliphatic heterocycles. The monoisotopic (exact) mass is 326 g/mol. The molecule has 0 radical (unpaired) electrons. The SMILES string of the molecule is NC(=O)Oc1cnc(CN2C(=O)CCC2=O)nc1-c1ccccc1. The number of aromatic nitrogens is 2. The maximum atomic E-state index is 11.7. The van der Waals surface area contributed by atoms with Crippen LogP contribution in [0.25, 0.3) is 11.3 Å². The summed E-state index contributed by atoms with van der Waals surface area (Å²) in [7, 11) is 0. The van der Waals surface area contributed by atoms with E-state index in [1.807, 2.05) is 6.07 Å². The van der Waals surface area contributed by atoms with E-state index in [0.29, 0.717) is 11.3 Å². The van der Waals surface area contributed by atoms with Crippen LogP contribution >= 0.6 is 0 Å². The second-order valence-electron chi connectivity index (χ2n) is 5.16. The Hall–Kier alpha value is -3.29. The molecule has 24 heavy (non-hydrogen) atoms. The number of hydrogen-bond acceptors (Lipinski definition) is 6. The molecule has 1 aromatic heterocycles. The highest BCUT2D eigenvalue weighted by Crippen LogP contribution is 2.27. The minimum Gasteiger partial charge on any atom is -0.406 e. The Morgan fingerprint density at radius 2 is 1.83 bits per heavy atom. The van der Waals surface area contributed by atoms with Crippen LogP contribution in [0.4, 0.5) is 4.79 Å². The first kappa shape index (κ1) is 15.6. The predicted molar refractivity (Wildman–Crippen MR) is 82.5 cm³/mol. The third kappa shape index (κ3) is 3.22. The molecule has 0 atom stereocenters. The largest absolute Gasteiger partial charge is 0.410 e. The van der Waals surface area contributed by atoms with Crippen molar-refractivity contribution in [2.45, 2.75) is 19.4 Å². The standard InChI is InChI=1S/C16H14N4O4/c17-16(23)24-11-8-18-12(9-20-13(21)6-7-14(20)22)19-15(11)10-4-2-1-3-5-10/h1-5,8H,6-7,9H2,(H2,17,23). The van der Waals surface area contributed by atoms with Crippen LogP contribution < -0.4 is 10.5 Å². The van der Waals surface area contributed by atoms with Gasteiger partial charge in [0, 0.05) is 18.4 Å². The van der Waals surface area contributed by atoms with E-state index in [4.69, 9.17) is 10.5 Å². The van der Waals surface area contributed by atoms with Crippen LogP contribution in [0.15, 0.2) is 36.5 Å². The topological polar surface area (TPSA) is 115 Å². The lowest BCUT2D eigenvalue weighted by Crippen LogP contribution is -2.29. The molecular weight excluding hydrogens is 312 g/mol. The Morgan fingerprint density at radius 1 is 1.17 bits per heavy atom. The van der Waals surface area contributed by atoms with Crippen LogP contribution in [-0.2, 0) is 16.1 Å². The van der Waals surface area contributed by atoms with E-state index in [1.54, 1.807) is 24.3 Å². The molecule has 122 valence electrons. The van der Waals surface area contributed by atoms with Gasteiger partial charge >= 0.3 is 6.09 Å². The summed E-state index contributed by atoms with van der Waals surface area (Å²) in [5.74, 6) is -0.115. The average molecular weight is 326 g/mol. The van der Waals surface area contributed by atoms with Gasteiger partial charge < -0.3 is 10.5 Å². The maximum absolute atomic E-state index is 11.7. The summed E-state index contributed by atoms with van der Waals surface area (Å²) in [6, 6.07) is 9.01. The van der Waals surface area contributed by atoms with E-state index in [-0.39, 0.29) is 42.8 Å². The first-order valence-corrected chi connectivity index (χ1v) is 7.26. The van der Waals surface area contributed by atoms with Gasteiger partial charge in [-0.2, -0.15) is 0 Å². The van der Waals surface area contributed by atoms with Crippen molar-refractivity contribution in [2.75, 3.05) is 0 Å². The minimum atomic E-state index is -0.978. The van der Waals surface area contributed by atoms with Gasteiger partial charge in [-0.3, -0.25) is 14.5 Å². The molecule has 0 bridgehead atoms. The fourth-order valence-corrected chi connectivity index (χ4v) is 2.41. The Balaban J connectivity index is 1.96. The number of benzene rings is 1. The summed E-state index contributed by atoms with van der Waals surface area (Å²) in [5.41, 5.74) is 6.11. The van der Waals surface area contributed by atoms with Crippen LogP contribution in [0.5, 0.6) is 5.75 Å². The van der Waals surface area contributed by atoms with Gasteiger partial charge in [0.15, 0.2) is 5.75 Å². The zero-order valence-electron chi connectivity index (χ0n) is 12.6. The summed E-state index contributed by atoms with van der Waals surface area (Å²) >= 11 is 0. The summed E-state index contributed by atoms with van der Waals surface area (Å²) in [4.78, 5) is 44.0. The van der Waals surface area contributed by atoms with Crippen molar-refractivity contribution >= 4 is 17.9 Å². The van der Waals surface area contributed by atoms with Crippen LogP contribution in [0.3, 0.4) is 0 Å². The zero-order valence-corrected chi connectivity index (χ0v) is 12.6. The molecule has 0 unspecified atom stereocenters. The van der Waals surface area contributed by atoms with Gasteiger partial charge in [0.25, 0.3) is 0 Å². The minimum absolute atomic E-state index is 0.0195. The molecule has 1 aromatic carbocycles. The Kier molecular flexibility index (Phi) is 4.19. The highest BCUT2D eigenvalue weighted by molar-refractivity contribution is 6.01. The van der Waals surface area contributed by atoms with E-state index in [0.717, 1.165) is 4.90 Å². The van der Waals surface area contributed by atoms with Crippen LogP contribution in [0.2, 0.25) is 0 Å². The number of hydrogen-bond donors (Lipinski definition) is 1. The van der Waals surface area contributed by atoms with Crippen molar-refractivity contribution in [3.8, 4) is 17.0 Å². The predicted octanol–water partition coefficient (Wildman–Crippen LogP) is 1.25. The van der Waals surface area contributed by atoms with Gasteiger partial charge in [-0.05, 0) is 0 Å². The number of carbonyl (C=O) groups excluding carboxylic acids is 3. The van der Waals surface area contributed by atoms with Crippen LogP contribution in [-0.4, -0.2) is 32.8 Å². The highest BCUT2D eigenvalue weighted by atomic mass is 16.5. The normalized spacial score (nSPS) is 14.1. The Bertz CT molecular complexity index is 791. The molecule has 1 fully saturated rings. The number of amides is 3. The molecule has 1 aliphatic rings. The smallest absolute Gasteiger partial charge is 0.406 e. The maximum Gasteiger partial charge on any atom is 0.410 e. The van der Waals surface area contributed by atoms with Gasteiger partial charge in [-0.15, -0.1) is 0 Å². The Labute approximate surface area is 137 Å². The average Bonchev–Trinajstić information content (AvgIpc) is 2.88. The summed E-state index contributed by atoms with van der Waals surface area (Å²) in [5, 5.41) is 0. The summed E-state index contributed by atoms with van der Waals surface area (Å²) < 4.78 is 4.93. The number of carbonyl (C=O) groups is 3. The van der Waals surface area contributed by atoms with Crippen molar-refractivity contribution in [3.63, 3.8) is 0 Å². The third-order valence-electron chi connectivity index (χ3n) is 3.52. The molecule has 8 heteroatoms. The molecule has 3 rings (SSSR count). The molecule has 2 N–H and O–H groups in total. The molecule has 0 aliphatic carbocycles. The first-order chi connectivity index (χ1) is 11.5. The van der Waals surface area contributed by atoms with Crippen molar-refractivity contribution in [2.24, 2.45) is 5.73 Å². The number of imide groups is 1. The molecular formula is C16H14N4O4. The Morgan fingerprint density at radius 3 is 2.46 bits per heavy atom. The van der Waals surface area contributed by atoms with Gasteiger partial charge in [-0.25, -0.2) is 14.8 Å². The molecule has 2 aromatic rings. The first-order valence-electron chi connectivity index (χ1n) is 7.26. The summed E-state index contributed by atoms with van der Waals surface area (Å²) in [6.45, 7) is -0.0195. The van der Waals surface area contributed by atoms with Crippen LogP contribution in [0, 0.1) is 0 Å².